The monoisotopic (exact) mass is 470 g/mol. The first-order valence-electron chi connectivity index (χ1n) is 10.6. The third-order valence-electron chi connectivity index (χ3n) is 5.20. The highest BCUT2D eigenvalue weighted by molar-refractivity contribution is 5.91. The average Bonchev–Trinajstić information content (AvgIpc) is 3.45. The van der Waals surface area contributed by atoms with E-state index in [2.05, 4.69) is 10.5 Å². The van der Waals surface area contributed by atoms with Gasteiger partial charge in [-0.3, -0.25) is 4.79 Å². The summed E-state index contributed by atoms with van der Waals surface area (Å²) in [7, 11) is 1.43. The number of hydrazone groups is 1. The van der Waals surface area contributed by atoms with Crippen LogP contribution >= 0.6 is 0 Å². The molecule has 8 nitrogen and oxygen atoms in total. The molecule has 1 aromatic heterocycles. The highest BCUT2D eigenvalue weighted by Crippen LogP contribution is 2.30. The summed E-state index contributed by atoms with van der Waals surface area (Å²) in [5, 5.41) is 15.4. The highest BCUT2D eigenvalue weighted by Gasteiger charge is 2.39. The summed E-state index contributed by atoms with van der Waals surface area (Å²) < 4.78 is 15.7. The van der Waals surface area contributed by atoms with Crippen molar-refractivity contribution in [1.29, 1.82) is 0 Å². The third kappa shape index (κ3) is 5.13. The van der Waals surface area contributed by atoms with E-state index in [4.69, 9.17) is 13.9 Å². The Kier molecular flexibility index (Phi) is 7.04. The summed E-state index contributed by atoms with van der Waals surface area (Å²) >= 11 is 0. The molecule has 2 N–H and O–H groups in total. The van der Waals surface area contributed by atoms with E-state index in [-0.39, 0.29) is 17.3 Å². The fraction of sp³-hybridized carbons (Fsp3) is 0.0741. The Morgan fingerprint density at radius 1 is 0.914 bits per heavy atom. The van der Waals surface area contributed by atoms with Crippen molar-refractivity contribution in [3.63, 3.8) is 0 Å². The second kappa shape index (κ2) is 10.5. The van der Waals surface area contributed by atoms with Crippen molar-refractivity contribution >= 4 is 18.1 Å². The van der Waals surface area contributed by atoms with Crippen molar-refractivity contribution in [2.45, 2.75) is 5.60 Å². The van der Waals surface area contributed by atoms with Crippen molar-refractivity contribution in [2.24, 2.45) is 5.10 Å². The Bertz CT molecular complexity index is 1280. The number of ether oxygens (including phenoxy) is 2. The number of carbonyl (C=O) groups is 2. The van der Waals surface area contributed by atoms with Gasteiger partial charge in [-0.1, -0.05) is 60.7 Å². The summed E-state index contributed by atoms with van der Waals surface area (Å²) in [4.78, 5) is 25.2. The van der Waals surface area contributed by atoms with Gasteiger partial charge in [0.25, 0.3) is 5.91 Å². The van der Waals surface area contributed by atoms with Gasteiger partial charge in [0.15, 0.2) is 17.1 Å². The molecule has 176 valence electrons. The molecular weight excluding hydrogens is 448 g/mol. The van der Waals surface area contributed by atoms with Gasteiger partial charge in [0, 0.05) is 0 Å². The van der Waals surface area contributed by atoms with Crippen LogP contribution < -0.4 is 14.9 Å². The van der Waals surface area contributed by atoms with Crippen LogP contribution in [0.3, 0.4) is 0 Å². The van der Waals surface area contributed by atoms with Crippen LogP contribution in [0, 0.1) is 0 Å². The van der Waals surface area contributed by atoms with Crippen LogP contribution in [-0.4, -0.2) is 30.3 Å². The lowest BCUT2D eigenvalue weighted by molar-refractivity contribution is -0.136. The van der Waals surface area contributed by atoms with E-state index >= 15 is 0 Å². The number of carbonyl (C=O) groups excluding carboxylic acids is 2. The molecule has 1 heterocycles. The summed E-state index contributed by atoms with van der Waals surface area (Å²) in [6.07, 6.45) is 2.76. The summed E-state index contributed by atoms with van der Waals surface area (Å²) in [5.41, 5.74) is 1.84. The molecule has 0 atom stereocenters. The second-order valence-corrected chi connectivity index (χ2v) is 7.42. The van der Waals surface area contributed by atoms with Gasteiger partial charge < -0.3 is 19.0 Å². The number of benzene rings is 3. The molecule has 0 radical (unpaired) electrons. The predicted molar refractivity (Wildman–Crippen MR) is 128 cm³/mol. The second-order valence-electron chi connectivity index (χ2n) is 7.42. The topological polar surface area (TPSA) is 110 Å². The Morgan fingerprint density at radius 3 is 2.14 bits per heavy atom. The highest BCUT2D eigenvalue weighted by atomic mass is 16.6. The molecule has 4 aromatic rings. The van der Waals surface area contributed by atoms with E-state index in [1.165, 1.54) is 31.7 Å². The van der Waals surface area contributed by atoms with Crippen molar-refractivity contribution in [3.05, 3.63) is 120 Å². The molecule has 0 bridgehead atoms. The smallest absolute Gasteiger partial charge is 0.379 e. The number of rotatable bonds is 8. The van der Waals surface area contributed by atoms with Gasteiger partial charge in [0.1, 0.15) is 0 Å². The quantitative estimate of drug-likeness (QED) is 0.175. The Hall–Kier alpha value is -4.69. The van der Waals surface area contributed by atoms with E-state index in [1.807, 2.05) is 0 Å². The summed E-state index contributed by atoms with van der Waals surface area (Å²) in [6, 6.07) is 25.1. The van der Waals surface area contributed by atoms with Crippen molar-refractivity contribution in [3.8, 4) is 11.5 Å². The zero-order chi connectivity index (χ0) is 24.7. The molecule has 0 aliphatic heterocycles. The Labute approximate surface area is 201 Å². The maximum atomic E-state index is 13.1. The number of hydrogen-bond acceptors (Lipinski definition) is 7. The Balaban J connectivity index is 1.51. The molecule has 3 aromatic carbocycles. The van der Waals surface area contributed by atoms with Crippen molar-refractivity contribution in [1.82, 2.24) is 5.43 Å². The standard InChI is InChI=1S/C27H22N2O6/c1-33-24-17-19(14-15-22(24)35-25(30)23-13-8-16-34-23)18-28-29-26(31)27(32,20-9-4-2-5-10-20)21-11-6-3-7-12-21/h2-18,32H,1H3,(H,29,31). The summed E-state index contributed by atoms with van der Waals surface area (Å²) in [6.45, 7) is 0. The van der Waals surface area contributed by atoms with Crippen molar-refractivity contribution < 1.29 is 28.6 Å². The number of esters is 1. The van der Waals surface area contributed by atoms with E-state index in [0.717, 1.165) is 0 Å². The normalized spacial score (nSPS) is 11.3. The molecule has 0 saturated carbocycles. The molecule has 0 unspecified atom stereocenters. The fourth-order valence-electron chi connectivity index (χ4n) is 3.43. The first kappa shape index (κ1) is 23.5. The molecule has 0 aliphatic carbocycles. The van der Waals surface area contributed by atoms with Crippen LogP contribution in [0.25, 0.3) is 0 Å². The molecule has 0 saturated heterocycles. The number of furan rings is 1. The number of nitrogens with zero attached hydrogens (tertiary/aromatic N) is 1. The van der Waals surface area contributed by atoms with Gasteiger partial charge in [-0.25, -0.2) is 10.2 Å². The molecule has 1 amide bonds. The van der Waals surface area contributed by atoms with Gasteiger partial charge >= 0.3 is 5.97 Å². The third-order valence-corrected chi connectivity index (χ3v) is 5.20. The minimum Gasteiger partial charge on any atom is -0.493 e. The lowest BCUT2D eigenvalue weighted by Gasteiger charge is -2.27. The number of methoxy groups -OCH3 is 1. The van der Waals surface area contributed by atoms with E-state index in [1.54, 1.807) is 78.9 Å². The van der Waals surface area contributed by atoms with E-state index < -0.39 is 17.5 Å². The minimum absolute atomic E-state index is 0.0599. The van der Waals surface area contributed by atoms with Gasteiger partial charge in [0.2, 0.25) is 5.76 Å². The molecule has 0 fully saturated rings. The van der Waals surface area contributed by atoms with Crippen LogP contribution in [0.15, 0.2) is 107 Å². The molecule has 8 heteroatoms. The first-order valence-corrected chi connectivity index (χ1v) is 10.6. The maximum absolute atomic E-state index is 13.1. The predicted octanol–water partition coefficient (Wildman–Crippen LogP) is 3.89. The lowest BCUT2D eigenvalue weighted by Crippen LogP contribution is -2.43. The molecular formula is C27H22N2O6. The van der Waals surface area contributed by atoms with Gasteiger partial charge in [0.05, 0.1) is 19.6 Å². The lowest BCUT2D eigenvalue weighted by atomic mass is 9.85. The van der Waals surface area contributed by atoms with Crippen molar-refractivity contribution in [2.75, 3.05) is 7.11 Å². The molecule has 0 spiro atoms. The van der Waals surface area contributed by atoms with E-state index in [9.17, 15) is 14.7 Å². The van der Waals surface area contributed by atoms with Crippen LogP contribution in [-0.2, 0) is 10.4 Å². The maximum Gasteiger partial charge on any atom is 0.379 e. The largest absolute Gasteiger partial charge is 0.493 e. The fourth-order valence-corrected chi connectivity index (χ4v) is 3.43. The molecule has 0 aliphatic rings. The van der Waals surface area contributed by atoms with Gasteiger partial charge in [-0.05, 0) is 47.0 Å². The molecule has 35 heavy (non-hydrogen) atoms. The van der Waals surface area contributed by atoms with Crippen LogP contribution in [0.4, 0.5) is 0 Å². The zero-order valence-corrected chi connectivity index (χ0v) is 18.8. The SMILES string of the molecule is COc1cc(C=NNC(=O)C(O)(c2ccccc2)c2ccccc2)ccc1OC(=O)c1ccco1. The average molecular weight is 470 g/mol. The van der Waals surface area contributed by atoms with Gasteiger partial charge in [-0.15, -0.1) is 0 Å². The number of nitrogens with one attached hydrogen (secondary N) is 1. The first-order chi connectivity index (χ1) is 17.0. The number of amides is 1. The minimum atomic E-state index is -1.94. The van der Waals surface area contributed by atoms with Gasteiger partial charge in [-0.2, -0.15) is 5.10 Å². The van der Waals surface area contributed by atoms with Crippen LogP contribution in [0.1, 0.15) is 27.2 Å². The van der Waals surface area contributed by atoms with E-state index in [0.29, 0.717) is 16.7 Å². The summed E-state index contributed by atoms with van der Waals surface area (Å²) in [5.74, 6) is -0.849. The zero-order valence-electron chi connectivity index (χ0n) is 18.8. The number of aliphatic hydroxyl groups is 1. The van der Waals surface area contributed by atoms with Crippen LogP contribution in [0.2, 0.25) is 0 Å². The Morgan fingerprint density at radius 2 is 1.57 bits per heavy atom. The van der Waals surface area contributed by atoms with Crippen LogP contribution in [0.5, 0.6) is 11.5 Å². The number of hydrogen-bond donors (Lipinski definition) is 2. The molecule has 4 rings (SSSR count).